The molecule has 3 aromatic heterocycles. The van der Waals surface area contributed by atoms with Crippen molar-refractivity contribution in [2.45, 2.75) is 0 Å². The topological polar surface area (TPSA) is 38.9 Å². The molecule has 0 atom stereocenters. The first kappa shape index (κ1) is 12.2. The van der Waals surface area contributed by atoms with Gasteiger partial charge >= 0.3 is 0 Å². The highest BCUT2D eigenvalue weighted by Crippen LogP contribution is 2.41. The van der Waals surface area contributed by atoms with Gasteiger partial charge in [0.1, 0.15) is 24.5 Å². The maximum Gasteiger partial charge on any atom is 0.180 e. The molecule has 0 aliphatic rings. The average molecular weight is 685 g/mol. The molecule has 3 nitrogen and oxygen atoms in total. The molecule has 0 aliphatic carbocycles. The zero-order valence-corrected chi connectivity index (χ0v) is 25.5. The van der Waals surface area contributed by atoms with Crippen LogP contribution in [-0.2, 0) is 0 Å². The van der Waals surface area contributed by atoms with Crippen LogP contribution >= 0.6 is 11.3 Å². The lowest BCUT2D eigenvalue weighted by atomic mass is 9.96. The van der Waals surface area contributed by atoms with Gasteiger partial charge in [-0.2, -0.15) is 0 Å². The van der Waals surface area contributed by atoms with E-state index in [-0.39, 0.29) is 20.2 Å². The molecule has 0 bridgehead atoms. The van der Waals surface area contributed by atoms with Crippen molar-refractivity contribution in [3.8, 4) is 55.8 Å². The third kappa shape index (κ3) is 4.80. The predicted molar refractivity (Wildman–Crippen MR) is 209 cm³/mol. The van der Waals surface area contributed by atoms with E-state index in [0.29, 0.717) is 11.3 Å². The lowest BCUT2D eigenvalue weighted by Gasteiger charge is -2.09. The Morgan fingerprint density at radius 1 is 0.460 bits per heavy atom. The quantitative estimate of drug-likeness (QED) is 0.181. The van der Waals surface area contributed by atoms with E-state index >= 15 is 0 Å². The van der Waals surface area contributed by atoms with E-state index in [0.717, 1.165) is 0 Å². The Morgan fingerprint density at radius 3 is 1.90 bits per heavy atom. The minimum atomic E-state index is -0.996. The molecule has 3 heterocycles. The first-order valence-corrected chi connectivity index (χ1v) is 15.3. The molecule has 10 aromatic rings. The van der Waals surface area contributed by atoms with Crippen molar-refractivity contribution in [1.82, 2.24) is 9.97 Å². The minimum Gasteiger partial charge on any atom is -0.452 e. The van der Waals surface area contributed by atoms with E-state index in [1.54, 1.807) is 0 Å². The van der Waals surface area contributed by atoms with E-state index < -0.39 is 247 Å². The van der Waals surface area contributed by atoms with Crippen LogP contribution in [0.1, 0.15) is 38.4 Å². The standard InChI is InChI=1S/C46H28N2OS/c1-2-9-29(10-3-1)30-19-21-31(22-20-30)34-23-24-41-40(27-34)44-45(49-41)43(47-28-48-44)36-14-7-12-33(26-36)32-11-6-13-35(25-32)37-16-8-17-39-38-15-4-5-18-42(38)50-46(37)39/h1-28H/i1D,2D,3D,4D,5D,6D,7D,8D,9D,10D,11D,12D,13D,14D,15D,16D,17D,18D,19D,20D,21D,22D,23D,24D,25D,26D,27D,28D. The summed E-state index contributed by atoms with van der Waals surface area (Å²) < 4.78 is 253. The summed E-state index contributed by atoms with van der Waals surface area (Å²) >= 11 is 0.651. The number of furan rings is 1. The van der Waals surface area contributed by atoms with E-state index in [1.807, 2.05) is 0 Å². The molecule has 0 aliphatic heterocycles. The summed E-state index contributed by atoms with van der Waals surface area (Å²) in [7, 11) is 0. The highest BCUT2D eigenvalue weighted by Gasteiger charge is 2.17. The van der Waals surface area contributed by atoms with Crippen molar-refractivity contribution in [2.75, 3.05) is 0 Å². The summed E-state index contributed by atoms with van der Waals surface area (Å²) in [5.74, 6) is 0. The highest BCUT2D eigenvalue weighted by atomic mass is 32.1. The van der Waals surface area contributed by atoms with Crippen molar-refractivity contribution in [3.05, 3.63) is 169 Å². The number of benzene rings is 7. The Kier molecular flexibility index (Phi) is 2.84. The van der Waals surface area contributed by atoms with Crippen molar-refractivity contribution in [1.29, 1.82) is 0 Å². The zero-order valence-electron chi connectivity index (χ0n) is 52.7. The van der Waals surface area contributed by atoms with Gasteiger partial charge in [-0.15, -0.1) is 11.3 Å². The van der Waals surface area contributed by atoms with Crippen LogP contribution in [-0.4, -0.2) is 9.97 Å². The number of nitrogens with zero attached hydrogens (tertiary/aromatic N) is 2. The lowest BCUT2D eigenvalue weighted by molar-refractivity contribution is 0.667. The Balaban J connectivity index is 1.24. The van der Waals surface area contributed by atoms with Crippen molar-refractivity contribution >= 4 is 53.6 Å². The summed E-state index contributed by atoms with van der Waals surface area (Å²) in [6.07, 6.45) is -0.922. The molecule has 0 N–H and O–H groups in total. The molecule has 0 radical (unpaired) electrons. The van der Waals surface area contributed by atoms with Crippen LogP contribution in [0.15, 0.2) is 174 Å². The van der Waals surface area contributed by atoms with E-state index in [4.69, 9.17) is 38.7 Å². The lowest BCUT2D eigenvalue weighted by Crippen LogP contribution is -1.88. The molecule has 0 fully saturated rings. The molecule has 0 saturated heterocycles. The Hall–Kier alpha value is -6.36. The van der Waals surface area contributed by atoms with Gasteiger partial charge in [-0.25, -0.2) is 9.97 Å². The Morgan fingerprint density at radius 2 is 1.06 bits per heavy atom. The highest BCUT2D eigenvalue weighted by molar-refractivity contribution is 7.26. The fourth-order valence-electron chi connectivity index (χ4n) is 5.26. The van der Waals surface area contributed by atoms with Gasteiger partial charge in [0.15, 0.2) is 5.58 Å². The third-order valence-electron chi connectivity index (χ3n) is 7.52. The van der Waals surface area contributed by atoms with Gasteiger partial charge in [0.2, 0.25) is 0 Å². The van der Waals surface area contributed by atoms with Crippen LogP contribution in [0.4, 0.5) is 0 Å². The summed E-state index contributed by atoms with van der Waals surface area (Å²) in [6, 6.07) is -22.9. The largest absolute Gasteiger partial charge is 0.452 e. The van der Waals surface area contributed by atoms with Gasteiger partial charge in [0, 0.05) is 31.1 Å². The maximum atomic E-state index is 9.60. The number of fused-ring (bicyclic) bond motifs is 6. The van der Waals surface area contributed by atoms with Crippen LogP contribution in [0.3, 0.4) is 0 Å². The number of rotatable bonds is 5. The fraction of sp³-hybridized carbons (Fsp3) is 0. The normalized spacial score (nSPS) is 19.4. The van der Waals surface area contributed by atoms with E-state index in [9.17, 15) is 4.11 Å². The van der Waals surface area contributed by atoms with Gasteiger partial charge in [-0.1, -0.05) is 133 Å². The van der Waals surface area contributed by atoms with Gasteiger partial charge < -0.3 is 4.42 Å². The second-order valence-corrected chi connectivity index (χ2v) is 11.4. The average Bonchev–Trinajstić information content (AvgIpc) is 4.03. The minimum absolute atomic E-state index is 0.107. The molecule has 0 unspecified atom stereocenters. The van der Waals surface area contributed by atoms with Gasteiger partial charge in [0.25, 0.3) is 0 Å². The van der Waals surface area contributed by atoms with E-state index in [2.05, 4.69) is 9.97 Å². The summed E-state index contributed by atoms with van der Waals surface area (Å²) in [5.41, 5.74) is -8.74. The number of hydrogen-bond donors (Lipinski definition) is 0. The molecule has 234 valence electrons. The molecule has 0 saturated carbocycles. The summed E-state index contributed by atoms with van der Waals surface area (Å²) in [5, 5.41) is -0.943. The second-order valence-electron chi connectivity index (χ2n) is 10.4. The van der Waals surface area contributed by atoms with Gasteiger partial charge in [-0.3, -0.25) is 0 Å². The van der Waals surface area contributed by atoms with Crippen LogP contribution in [0, 0.1) is 0 Å². The summed E-state index contributed by atoms with van der Waals surface area (Å²) in [4.78, 5) is 8.17. The van der Waals surface area contributed by atoms with Gasteiger partial charge in [-0.05, 0) is 74.7 Å². The van der Waals surface area contributed by atoms with Crippen LogP contribution in [0.5, 0.6) is 0 Å². The van der Waals surface area contributed by atoms with Crippen LogP contribution < -0.4 is 0 Å². The molecular formula is C46H28N2OS. The molecule has 4 heteroatoms. The van der Waals surface area contributed by atoms with Crippen molar-refractivity contribution < 1.29 is 42.8 Å². The molecular weight excluding hydrogens is 629 g/mol. The Bertz CT molecular complexity index is 4430. The first-order valence-electron chi connectivity index (χ1n) is 28.5. The number of hydrogen-bond acceptors (Lipinski definition) is 4. The first-order chi connectivity index (χ1) is 36.4. The zero-order chi connectivity index (χ0) is 57.4. The molecule has 0 spiro atoms. The third-order valence-corrected chi connectivity index (χ3v) is 8.64. The Labute approximate surface area is 332 Å². The van der Waals surface area contributed by atoms with E-state index in [1.165, 1.54) is 0 Å². The monoisotopic (exact) mass is 684 g/mol. The van der Waals surface area contributed by atoms with Crippen molar-refractivity contribution in [3.63, 3.8) is 0 Å². The fourth-order valence-corrected chi connectivity index (χ4v) is 6.33. The predicted octanol–water partition coefficient (Wildman–Crippen LogP) is 13.1. The molecule has 7 aromatic carbocycles. The smallest absolute Gasteiger partial charge is 0.180 e. The second kappa shape index (κ2) is 11.7. The van der Waals surface area contributed by atoms with Crippen molar-refractivity contribution in [2.24, 2.45) is 0 Å². The maximum absolute atomic E-state index is 9.60. The summed E-state index contributed by atoms with van der Waals surface area (Å²) in [6.45, 7) is 0. The molecule has 10 rings (SSSR count). The number of thiophene rings is 1. The van der Waals surface area contributed by atoms with Crippen LogP contribution in [0.2, 0.25) is 0 Å². The molecule has 50 heavy (non-hydrogen) atoms. The molecule has 0 amide bonds. The van der Waals surface area contributed by atoms with Gasteiger partial charge in [0.05, 0.1) is 37.0 Å². The SMILES string of the molecule is [2H]c1nc(-c2c([2H])c([2H])c([2H])c(-c3c([2H])c([2H])c([2H])c(-c4c([2H])c([2H])c([2H])c5c4sc4c([2H])c([2H])c([2H])c([2H])c45)c3[2H])c2[2H])c2oc3c([2H])c([2H])c(-c4c([2H])c([2H])c(-c5c([2H])c([2H])c([2H])c([2H])c5[2H])c([2H])c4[2H])c([2H])c3c2n1. The van der Waals surface area contributed by atoms with Crippen LogP contribution in [0.25, 0.3) is 98.0 Å². The number of aromatic nitrogens is 2.